The monoisotopic (exact) mass is 997 g/mol. The summed E-state index contributed by atoms with van der Waals surface area (Å²) in [4.78, 5) is 71.5. The number of nitrogens with one attached hydrogen (secondary N) is 3. The van der Waals surface area contributed by atoms with E-state index < -0.39 is 5.97 Å². The number of amides is 1. The number of pyridine rings is 2. The third-order valence-corrected chi connectivity index (χ3v) is 13.7. The lowest BCUT2D eigenvalue weighted by Gasteiger charge is -2.32. The van der Waals surface area contributed by atoms with Crippen LogP contribution < -0.4 is 27.1 Å². The number of nitriles is 2. The van der Waals surface area contributed by atoms with Gasteiger partial charge in [0.25, 0.3) is 11.1 Å². The standard InChI is InChI=1S/C25H31N9O2.C21H24N8O.C4H9NO2/c1-31(2)16-22(35)32-9-7-20(8-10-32)33-15-19(14-28-33)29-25-27-13-18-11-17(12-26)24(36)34(23(18)30-25)21-5-3-4-6-21;22-10-14-9-15-11-24-21(27-19(15)29(20(14)30)18-3-1-2-4-18)26-16-12-25-28(13-16)17-5-7-23-8-6-17;1-5(2)3-4(6)7/h11,13-15,20-21H,3-10,16H2,1-2H3,(H,27,29,30);9,11-13,17-18,23H,1-8H2,(H,24,26,27);3H2,1-2H3,(H,6,7). The lowest BCUT2D eigenvalue weighted by Crippen LogP contribution is -2.43. The van der Waals surface area contributed by atoms with E-state index in [1.54, 1.807) is 65.0 Å². The van der Waals surface area contributed by atoms with Gasteiger partial charge < -0.3 is 30.9 Å². The first-order chi connectivity index (χ1) is 35.3. The van der Waals surface area contributed by atoms with Gasteiger partial charge >= 0.3 is 5.97 Å². The third-order valence-electron chi connectivity index (χ3n) is 13.7. The van der Waals surface area contributed by atoms with Gasteiger partial charge in [0.1, 0.15) is 34.6 Å². The zero-order valence-corrected chi connectivity index (χ0v) is 41.9. The fraction of sp³-hybridized carbons (Fsp3) is 0.520. The van der Waals surface area contributed by atoms with Crippen LogP contribution in [0.5, 0.6) is 0 Å². The highest BCUT2D eigenvalue weighted by molar-refractivity contribution is 5.79. The molecule has 2 saturated carbocycles. The van der Waals surface area contributed by atoms with Gasteiger partial charge in [-0.1, -0.05) is 25.7 Å². The molecule has 0 aromatic carbocycles. The quantitative estimate of drug-likeness (QED) is 0.129. The average molecular weight is 997 g/mol. The molecule has 0 atom stereocenters. The lowest BCUT2D eigenvalue weighted by molar-refractivity contribution is -0.137. The second-order valence-electron chi connectivity index (χ2n) is 19.6. The van der Waals surface area contributed by atoms with Gasteiger partial charge in [0.2, 0.25) is 17.8 Å². The molecule has 6 aromatic rings. The summed E-state index contributed by atoms with van der Waals surface area (Å²) in [6.45, 7) is 3.99. The van der Waals surface area contributed by atoms with Gasteiger partial charge in [-0.2, -0.15) is 30.7 Å². The number of carboxylic acids is 1. The van der Waals surface area contributed by atoms with Crippen molar-refractivity contribution in [1.29, 1.82) is 10.5 Å². The van der Waals surface area contributed by atoms with Crippen molar-refractivity contribution in [3.8, 4) is 12.1 Å². The summed E-state index contributed by atoms with van der Waals surface area (Å²) in [7, 11) is 7.24. The summed E-state index contributed by atoms with van der Waals surface area (Å²) in [5.74, 6) is 0.169. The lowest BCUT2D eigenvalue weighted by atomic mass is 10.1. The molecule has 8 heterocycles. The van der Waals surface area contributed by atoms with Crippen molar-refractivity contribution < 1.29 is 14.7 Å². The Kier molecular flexibility index (Phi) is 16.8. The number of hydrogen-bond donors (Lipinski definition) is 4. The smallest absolute Gasteiger partial charge is 0.317 e. The van der Waals surface area contributed by atoms with E-state index in [1.165, 1.54) is 0 Å². The molecule has 23 heteroatoms. The molecule has 0 spiro atoms. The van der Waals surface area contributed by atoms with E-state index in [0.29, 0.717) is 46.6 Å². The number of carbonyl (C=O) groups excluding carboxylic acids is 1. The molecule has 0 bridgehead atoms. The van der Waals surface area contributed by atoms with Crippen molar-refractivity contribution in [2.45, 2.75) is 101 Å². The minimum absolute atomic E-state index is 0.0503. The topological polar surface area (TPSA) is 279 Å². The highest BCUT2D eigenvalue weighted by Crippen LogP contribution is 2.33. The second kappa shape index (κ2) is 23.7. The average Bonchev–Trinajstić information content (AvgIpc) is 4.24. The number of fused-ring (bicyclic) bond motifs is 2. The Balaban J connectivity index is 0.000000174. The van der Waals surface area contributed by atoms with E-state index in [1.807, 2.05) is 57.8 Å². The molecule has 4 N–H and O–H groups in total. The summed E-state index contributed by atoms with van der Waals surface area (Å²) < 4.78 is 7.32. The molecule has 0 radical (unpaired) electrons. The van der Waals surface area contributed by atoms with Crippen molar-refractivity contribution in [3.63, 3.8) is 0 Å². The number of carbonyl (C=O) groups is 2. The van der Waals surface area contributed by atoms with Gasteiger partial charge in [0.15, 0.2) is 0 Å². The van der Waals surface area contributed by atoms with Crippen LogP contribution in [0.2, 0.25) is 0 Å². The maximum Gasteiger partial charge on any atom is 0.317 e. The summed E-state index contributed by atoms with van der Waals surface area (Å²) in [6.07, 6.45) is 22.5. The molecule has 2 aliphatic heterocycles. The predicted molar refractivity (Wildman–Crippen MR) is 274 cm³/mol. The van der Waals surface area contributed by atoms with E-state index >= 15 is 0 Å². The molecular formula is C50H64N18O5. The maximum absolute atomic E-state index is 13.0. The molecule has 10 rings (SSSR count). The zero-order chi connectivity index (χ0) is 51.6. The van der Waals surface area contributed by atoms with Crippen LogP contribution in [0.3, 0.4) is 0 Å². The molecule has 1 amide bonds. The van der Waals surface area contributed by atoms with Crippen LogP contribution in [-0.4, -0.2) is 148 Å². The van der Waals surface area contributed by atoms with Crippen LogP contribution in [0, 0.1) is 22.7 Å². The molecule has 384 valence electrons. The van der Waals surface area contributed by atoms with Crippen LogP contribution in [0.1, 0.15) is 112 Å². The van der Waals surface area contributed by atoms with Gasteiger partial charge in [-0.15, -0.1) is 0 Å². The largest absolute Gasteiger partial charge is 0.480 e. The summed E-state index contributed by atoms with van der Waals surface area (Å²) in [5, 5.41) is 47.1. The number of rotatable bonds is 12. The van der Waals surface area contributed by atoms with Gasteiger partial charge in [-0.3, -0.25) is 42.6 Å². The molecular weight excluding hydrogens is 933 g/mol. The van der Waals surface area contributed by atoms with Crippen LogP contribution in [-0.2, 0) is 9.59 Å². The maximum atomic E-state index is 13.0. The van der Waals surface area contributed by atoms with Crippen molar-refractivity contribution in [1.82, 2.24) is 68.6 Å². The highest BCUT2D eigenvalue weighted by atomic mass is 16.4. The molecule has 6 aromatic heterocycles. The molecule has 4 fully saturated rings. The minimum atomic E-state index is -0.787. The van der Waals surface area contributed by atoms with Gasteiger partial charge in [-0.25, -0.2) is 9.97 Å². The number of likely N-dealkylation sites (tertiary alicyclic amines) is 1. The number of nitrogens with zero attached hydrogens (tertiary/aromatic N) is 15. The molecule has 2 saturated heterocycles. The second-order valence-corrected chi connectivity index (χ2v) is 19.6. The Hall–Kier alpha value is -7.60. The Morgan fingerprint density at radius 2 is 1.10 bits per heavy atom. The van der Waals surface area contributed by atoms with Gasteiger partial charge in [-0.05, 0) is 105 Å². The first-order valence-corrected chi connectivity index (χ1v) is 25.0. The summed E-state index contributed by atoms with van der Waals surface area (Å²) in [5.41, 5.74) is 2.40. The minimum Gasteiger partial charge on any atom is -0.480 e. The number of piperidine rings is 2. The Morgan fingerprint density at radius 3 is 1.49 bits per heavy atom. The van der Waals surface area contributed by atoms with E-state index in [4.69, 9.17) is 5.11 Å². The van der Waals surface area contributed by atoms with Crippen molar-refractivity contribution in [2.75, 3.05) is 78.1 Å². The predicted octanol–water partition coefficient (Wildman–Crippen LogP) is 4.72. The molecule has 23 nitrogen and oxygen atoms in total. The Bertz CT molecular complexity index is 3100. The van der Waals surface area contributed by atoms with Gasteiger partial charge in [0.05, 0.1) is 48.9 Å². The van der Waals surface area contributed by atoms with E-state index in [2.05, 4.69) is 46.1 Å². The summed E-state index contributed by atoms with van der Waals surface area (Å²) >= 11 is 0. The van der Waals surface area contributed by atoms with Crippen LogP contribution in [0.15, 0.2) is 58.9 Å². The number of carboxylic acid groups (broad SMARTS) is 1. The van der Waals surface area contributed by atoms with E-state index in [-0.39, 0.29) is 52.8 Å². The Labute approximate surface area is 422 Å². The van der Waals surface area contributed by atoms with E-state index in [0.717, 1.165) is 115 Å². The van der Waals surface area contributed by atoms with E-state index in [9.17, 15) is 29.7 Å². The normalized spacial score (nSPS) is 16.7. The first-order valence-electron chi connectivity index (χ1n) is 25.0. The van der Waals surface area contributed by atoms with Gasteiger partial charge in [0, 0.05) is 60.7 Å². The van der Waals surface area contributed by atoms with Crippen molar-refractivity contribution in [3.05, 3.63) is 81.1 Å². The van der Waals surface area contributed by atoms with Crippen molar-refractivity contribution >= 4 is 57.2 Å². The fourth-order valence-corrected chi connectivity index (χ4v) is 10.1. The SMILES string of the molecule is CN(C)CC(=O)N1CCC(n2cc(Nc3ncc4cc(C#N)c(=O)n(C5CCCC5)c4n3)cn2)CC1.CN(C)CC(=O)O.N#Cc1cc2cnc(Nc3cnn(C4CCNCC4)c3)nc2n(C2CCCC2)c1=O. The zero-order valence-electron chi connectivity index (χ0n) is 41.9. The Morgan fingerprint density at radius 1 is 0.658 bits per heavy atom. The highest BCUT2D eigenvalue weighted by Gasteiger charge is 2.27. The molecule has 73 heavy (non-hydrogen) atoms. The number of likely N-dealkylation sites (N-methyl/N-ethyl adjacent to an activating group) is 2. The van der Waals surface area contributed by atoms with Crippen LogP contribution in [0.4, 0.5) is 23.3 Å². The number of anilines is 4. The molecule has 4 aliphatic rings. The number of aromatic nitrogens is 10. The van der Waals surface area contributed by atoms with Crippen LogP contribution >= 0.6 is 0 Å². The fourth-order valence-electron chi connectivity index (χ4n) is 10.1. The molecule has 0 unspecified atom stereocenters. The third kappa shape index (κ3) is 12.7. The molecule has 2 aliphatic carbocycles. The first kappa shape index (κ1) is 51.7. The summed E-state index contributed by atoms with van der Waals surface area (Å²) in [6, 6.07) is 7.94. The number of aliphatic carboxylic acids is 1. The number of hydrogen-bond acceptors (Lipinski definition) is 17. The van der Waals surface area contributed by atoms with Crippen molar-refractivity contribution in [2.24, 2.45) is 0 Å². The van der Waals surface area contributed by atoms with Crippen LogP contribution in [0.25, 0.3) is 22.1 Å².